The lowest BCUT2D eigenvalue weighted by molar-refractivity contribution is 0.102. The van der Waals surface area contributed by atoms with Crippen LogP contribution in [0, 0.1) is 5.92 Å². The van der Waals surface area contributed by atoms with Gasteiger partial charge in [0.15, 0.2) is 5.75 Å². The topological polar surface area (TPSA) is 79.0 Å². The van der Waals surface area contributed by atoms with Gasteiger partial charge in [0.05, 0.1) is 16.9 Å². The third-order valence-electron chi connectivity index (χ3n) is 7.67. The number of piperidine rings is 1. The van der Waals surface area contributed by atoms with E-state index in [9.17, 15) is 13.2 Å². The number of nitrogens with one attached hydrogen (secondary N) is 1. The number of hydrogen-bond acceptors (Lipinski definition) is 5. The first-order chi connectivity index (χ1) is 18.0. The maximum Gasteiger partial charge on any atom is 0.259 e. The van der Waals surface area contributed by atoms with Crippen LogP contribution in [0.5, 0.6) is 11.5 Å². The van der Waals surface area contributed by atoms with Crippen LogP contribution in [0.2, 0.25) is 0 Å². The van der Waals surface area contributed by atoms with Crippen LogP contribution in [0.15, 0.2) is 71.6 Å². The molecule has 1 amide bonds. The largest absolute Gasteiger partial charge is 0.454 e. The van der Waals surface area contributed by atoms with E-state index in [-0.39, 0.29) is 16.4 Å². The van der Waals surface area contributed by atoms with Gasteiger partial charge >= 0.3 is 0 Å². The SMILES string of the molecule is O=C1Nc2ccccc2Oc2cc(N3CCC(Cc4ccccc4)CC3)c(S(=O)(=O)N3CCCC3)cc21. The second-order valence-corrected chi connectivity index (χ2v) is 12.0. The molecular weight excluding hydrogens is 486 g/mol. The Morgan fingerprint density at radius 2 is 1.57 bits per heavy atom. The number of carbonyl (C=O) groups excluding carboxylic acids is 1. The predicted octanol–water partition coefficient (Wildman–Crippen LogP) is 5.29. The van der Waals surface area contributed by atoms with Crippen molar-refractivity contribution in [2.24, 2.45) is 5.92 Å². The van der Waals surface area contributed by atoms with E-state index in [1.54, 1.807) is 22.5 Å². The number of anilines is 2. The van der Waals surface area contributed by atoms with Crippen molar-refractivity contribution in [1.29, 1.82) is 0 Å². The highest BCUT2D eigenvalue weighted by Gasteiger charge is 2.35. The molecule has 7 nitrogen and oxygen atoms in total. The molecule has 0 spiro atoms. The van der Waals surface area contributed by atoms with Crippen LogP contribution in [0.3, 0.4) is 0 Å². The Hall–Kier alpha value is -3.36. The Labute approximate surface area is 218 Å². The lowest BCUT2D eigenvalue weighted by Gasteiger charge is -2.35. The number of sulfonamides is 1. The van der Waals surface area contributed by atoms with Crippen LogP contribution in [-0.2, 0) is 16.4 Å². The summed E-state index contributed by atoms with van der Waals surface area (Å²) in [5, 5.41) is 2.87. The third-order valence-corrected chi connectivity index (χ3v) is 9.59. The van der Waals surface area contributed by atoms with Crippen molar-refractivity contribution in [2.45, 2.75) is 37.0 Å². The van der Waals surface area contributed by atoms with E-state index in [1.165, 1.54) is 11.6 Å². The number of para-hydroxylation sites is 2. The first-order valence-corrected chi connectivity index (χ1v) is 14.5. The minimum atomic E-state index is -3.76. The van der Waals surface area contributed by atoms with Gasteiger partial charge in [-0.25, -0.2) is 8.42 Å². The molecule has 0 saturated carbocycles. The molecule has 0 unspecified atom stereocenters. The van der Waals surface area contributed by atoms with Gasteiger partial charge in [0.1, 0.15) is 10.6 Å². The highest BCUT2D eigenvalue weighted by Crippen LogP contribution is 2.42. The van der Waals surface area contributed by atoms with Gasteiger partial charge < -0.3 is 15.0 Å². The van der Waals surface area contributed by atoms with Gasteiger partial charge in [-0.1, -0.05) is 42.5 Å². The number of carbonyl (C=O) groups is 1. The molecular formula is C29H31N3O4S. The van der Waals surface area contributed by atoms with Crippen molar-refractivity contribution in [1.82, 2.24) is 4.31 Å². The monoisotopic (exact) mass is 517 g/mol. The zero-order valence-electron chi connectivity index (χ0n) is 20.7. The van der Waals surface area contributed by atoms with Crippen molar-refractivity contribution in [2.75, 3.05) is 36.4 Å². The van der Waals surface area contributed by atoms with E-state index in [4.69, 9.17) is 4.74 Å². The third kappa shape index (κ3) is 4.71. The normalized spacial score (nSPS) is 18.5. The minimum absolute atomic E-state index is 0.194. The first kappa shape index (κ1) is 24.0. The molecule has 3 aliphatic rings. The Balaban J connectivity index is 1.35. The summed E-state index contributed by atoms with van der Waals surface area (Å²) in [6.07, 6.45) is 4.67. The van der Waals surface area contributed by atoms with Crippen molar-refractivity contribution in [3.05, 3.63) is 77.9 Å². The summed E-state index contributed by atoms with van der Waals surface area (Å²) < 4.78 is 35.4. The molecule has 0 aliphatic carbocycles. The van der Waals surface area contributed by atoms with E-state index in [0.29, 0.717) is 41.9 Å². The van der Waals surface area contributed by atoms with Gasteiger partial charge in [0, 0.05) is 32.2 Å². The summed E-state index contributed by atoms with van der Waals surface area (Å²) in [7, 11) is -3.76. The fourth-order valence-electron chi connectivity index (χ4n) is 5.62. The highest BCUT2D eigenvalue weighted by molar-refractivity contribution is 7.89. The number of benzene rings is 3. The maximum absolute atomic E-state index is 13.8. The molecule has 3 aliphatic heterocycles. The van der Waals surface area contributed by atoms with Crippen LogP contribution in [-0.4, -0.2) is 44.8 Å². The fraction of sp³-hybridized carbons (Fsp3) is 0.345. The molecule has 8 heteroatoms. The number of hydrogen-bond donors (Lipinski definition) is 1. The number of ether oxygens (including phenoxy) is 1. The van der Waals surface area contributed by atoms with Gasteiger partial charge in [-0.15, -0.1) is 0 Å². The molecule has 3 aromatic carbocycles. The van der Waals surface area contributed by atoms with Crippen molar-refractivity contribution >= 4 is 27.3 Å². The Morgan fingerprint density at radius 1 is 0.865 bits per heavy atom. The zero-order chi connectivity index (χ0) is 25.4. The molecule has 37 heavy (non-hydrogen) atoms. The summed E-state index contributed by atoms with van der Waals surface area (Å²) in [5.41, 5.74) is 2.75. The van der Waals surface area contributed by atoms with Crippen LogP contribution in [0.25, 0.3) is 0 Å². The van der Waals surface area contributed by atoms with E-state index in [2.05, 4.69) is 34.5 Å². The van der Waals surface area contributed by atoms with Gasteiger partial charge in [0.25, 0.3) is 5.91 Å². The average molecular weight is 518 g/mol. The van der Waals surface area contributed by atoms with Crippen molar-refractivity contribution in [3.8, 4) is 11.5 Å². The quantitative estimate of drug-likeness (QED) is 0.498. The van der Waals surface area contributed by atoms with Gasteiger partial charge in [-0.2, -0.15) is 4.31 Å². The lowest BCUT2D eigenvalue weighted by atomic mass is 9.90. The molecule has 1 N–H and O–H groups in total. The molecule has 2 saturated heterocycles. The van der Waals surface area contributed by atoms with Gasteiger partial charge in [0.2, 0.25) is 10.0 Å². The minimum Gasteiger partial charge on any atom is -0.454 e. The summed E-state index contributed by atoms with van der Waals surface area (Å²) >= 11 is 0. The smallest absolute Gasteiger partial charge is 0.259 e. The summed E-state index contributed by atoms with van der Waals surface area (Å²) in [6.45, 7) is 2.52. The van der Waals surface area contributed by atoms with Crippen molar-refractivity contribution < 1.29 is 17.9 Å². The number of rotatable bonds is 5. The Morgan fingerprint density at radius 3 is 2.32 bits per heavy atom. The second kappa shape index (κ2) is 9.84. The molecule has 0 atom stereocenters. The maximum atomic E-state index is 13.8. The van der Waals surface area contributed by atoms with E-state index in [0.717, 1.165) is 45.2 Å². The van der Waals surface area contributed by atoms with E-state index >= 15 is 0 Å². The zero-order valence-corrected chi connectivity index (χ0v) is 21.5. The van der Waals surface area contributed by atoms with Crippen LogP contribution < -0.4 is 15.0 Å². The average Bonchev–Trinajstić information content (AvgIpc) is 3.42. The summed E-state index contributed by atoms with van der Waals surface area (Å²) in [6, 6.07) is 21.1. The molecule has 2 fully saturated rings. The lowest BCUT2D eigenvalue weighted by Crippen LogP contribution is -2.36. The molecule has 3 heterocycles. The van der Waals surface area contributed by atoms with E-state index < -0.39 is 10.0 Å². The van der Waals surface area contributed by atoms with Crippen LogP contribution in [0.4, 0.5) is 11.4 Å². The second-order valence-electron chi connectivity index (χ2n) is 10.1. The van der Waals surface area contributed by atoms with Gasteiger partial charge in [-0.05, 0) is 61.8 Å². The molecule has 0 bridgehead atoms. The Bertz CT molecular complexity index is 1410. The molecule has 3 aromatic rings. The number of amides is 1. The molecule has 192 valence electrons. The Kier molecular flexibility index (Phi) is 6.38. The number of nitrogens with zero attached hydrogens (tertiary/aromatic N) is 2. The molecule has 0 radical (unpaired) electrons. The fourth-order valence-corrected chi connectivity index (χ4v) is 7.36. The molecule has 6 rings (SSSR count). The standard InChI is InChI=1S/C29H31N3O4S/c33-29-23-19-28(37(34,35)32-14-6-7-15-32)25(20-27(23)36-26-11-5-4-10-24(26)30-29)31-16-12-22(13-17-31)18-21-8-2-1-3-9-21/h1-5,8-11,19-20,22H,6-7,12-18H2,(H,30,33). The van der Waals surface area contributed by atoms with Crippen LogP contribution in [0.1, 0.15) is 41.6 Å². The first-order valence-electron chi connectivity index (χ1n) is 13.0. The number of fused-ring (bicyclic) bond motifs is 2. The highest BCUT2D eigenvalue weighted by atomic mass is 32.2. The summed E-state index contributed by atoms with van der Waals surface area (Å²) in [5.74, 6) is 1.10. The van der Waals surface area contributed by atoms with E-state index in [1.807, 2.05) is 18.2 Å². The van der Waals surface area contributed by atoms with Crippen LogP contribution >= 0.6 is 0 Å². The van der Waals surface area contributed by atoms with Gasteiger partial charge in [-0.3, -0.25) is 4.79 Å². The molecule has 0 aromatic heterocycles. The van der Waals surface area contributed by atoms with Crippen molar-refractivity contribution in [3.63, 3.8) is 0 Å². The summed E-state index contributed by atoms with van der Waals surface area (Å²) in [4.78, 5) is 15.5. The predicted molar refractivity (Wildman–Crippen MR) is 144 cm³/mol.